The third-order valence-electron chi connectivity index (χ3n) is 3.08. The molecular weight excluding hydrogens is 240 g/mol. The zero-order valence-corrected chi connectivity index (χ0v) is 11.6. The van der Waals surface area contributed by atoms with Crippen LogP contribution in [0.2, 0.25) is 0 Å². The third-order valence-corrected chi connectivity index (χ3v) is 4.33. The summed E-state index contributed by atoms with van der Waals surface area (Å²) in [5.74, 6) is 0. The molecule has 2 rings (SSSR count). The highest BCUT2D eigenvalue weighted by atomic mass is 32.1. The van der Waals surface area contributed by atoms with Gasteiger partial charge < -0.3 is 5.73 Å². The predicted molar refractivity (Wildman–Crippen MR) is 77.9 cm³/mol. The van der Waals surface area contributed by atoms with Crippen LogP contribution in [0.4, 0.5) is 0 Å². The largest absolute Gasteiger partial charge is 0.327 e. The Kier molecular flexibility index (Phi) is 4.90. The highest BCUT2D eigenvalue weighted by molar-refractivity contribution is 7.11. The first-order valence-electron chi connectivity index (χ1n) is 6.50. The Morgan fingerprint density at radius 3 is 2.56 bits per heavy atom. The second-order valence-corrected chi connectivity index (χ2v) is 5.83. The van der Waals surface area contributed by atoms with Crippen molar-refractivity contribution in [2.45, 2.75) is 38.6 Å². The van der Waals surface area contributed by atoms with E-state index >= 15 is 0 Å². The molecule has 0 fully saturated rings. The van der Waals surface area contributed by atoms with Gasteiger partial charge in [0.05, 0.1) is 0 Å². The lowest BCUT2D eigenvalue weighted by molar-refractivity contribution is 0.614. The Hall–Kier alpha value is -1.19. The minimum Gasteiger partial charge on any atom is -0.327 e. The van der Waals surface area contributed by atoms with Crippen molar-refractivity contribution >= 4 is 11.3 Å². The maximum Gasteiger partial charge on any atom is 0.0270 e. The van der Waals surface area contributed by atoms with E-state index in [-0.39, 0.29) is 6.04 Å². The number of aryl methyl sites for hydroxylation is 2. The fourth-order valence-electron chi connectivity index (χ4n) is 1.98. The molecule has 0 radical (unpaired) electrons. The van der Waals surface area contributed by atoms with Gasteiger partial charge in [-0.25, -0.2) is 0 Å². The summed E-state index contributed by atoms with van der Waals surface area (Å²) in [6.07, 6.45) is 7.87. The van der Waals surface area contributed by atoms with Gasteiger partial charge in [0.15, 0.2) is 0 Å². The monoisotopic (exact) mass is 260 g/mol. The molecule has 18 heavy (non-hydrogen) atoms. The van der Waals surface area contributed by atoms with Crippen LogP contribution in [0.15, 0.2) is 36.7 Å². The number of nitrogens with zero attached hydrogens (tertiary/aromatic N) is 1. The molecule has 2 aromatic rings. The van der Waals surface area contributed by atoms with Crippen LogP contribution in [-0.2, 0) is 19.3 Å². The second-order valence-electron chi connectivity index (χ2n) is 4.58. The molecule has 2 N–H and O–H groups in total. The Morgan fingerprint density at radius 2 is 1.89 bits per heavy atom. The molecule has 2 nitrogen and oxygen atoms in total. The quantitative estimate of drug-likeness (QED) is 0.866. The minimum absolute atomic E-state index is 0.251. The first-order chi connectivity index (χ1) is 8.78. The normalized spacial score (nSPS) is 12.6. The SMILES string of the molecule is CCc1ccc(CC(N)CCc2ccncc2)s1. The summed E-state index contributed by atoms with van der Waals surface area (Å²) in [6.45, 7) is 2.19. The lowest BCUT2D eigenvalue weighted by atomic mass is 10.0. The summed E-state index contributed by atoms with van der Waals surface area (Å²) in [5.41, 5.74) is 7.52. The molecule has 1 unspecified atom stereocenters. The van der Waals surface area contributed by atoms with E-state index in [4.69, 9.17) is 5.73 Å². The summed E-state index contributed by atoms with van der Waals surface area (Å²) in [6, 6.07) is 8.81. The van der Waals surface area contributed by atoms with Crippen molar-refractivity contribution < 1.29 is 0 Å². The number of thiophene rings is 1. The first kappa shape index (κ1) is 13.2. The number of hydrogen-bond donors (Lipinski definition) is 1. The van der Waals surface area contributed by atoms with Crippen molar-refractivity contribution in [2.24, 2.45) is 5.73 Å². The highest BCUT2D eigenvalue weighted by Crippen LogP contribution is 2.19. The molecule has 0 saturated heterocycles. The fraction of sp³-hybridized carbons (Fsp3) is 0.400. The van der Waals surface area contributed by atoms with Crippen molar-refractivity contribution in [3.05, 3.63) is 52.0 Å². The van der Waals surface area contributed by atoms with Crippen LogP contribution in [0.1, 0.15) is 28.7 Å². The molecule has 0 amide bonds. The van der Waals surface area contributed by atoms with Crippen LogP contribution in [0.25, 0.3) is 0 Å². The van der Waals surface area contributed by atoms with Crippen molar-refractivity contribution in [1.29, 1.82) is 0 Å². The van der Waals surface area contributed by atoms with Gasteiger partial charge >= 0.3 is 0 Å². The zero-order chi connectivity index (χ0) is 12.8. The molecule has 0 aliphatic carbocycles. The van der Waals surface area contributed by atoms with Gasteiger partial charge in [0.1, 0.15) is 0 Å². The van der Waals surface area contributed by atoms with Gasteiger partial charge in [-0.2, -0.15) is 0 Å². The summed E-state index contributed by atoms with van der Waals surface area (Å²) in [5, 5.41) is 0. The van der Waals surface area contributed by atoms with E-state index in [2.05, 4.69) is 36.2 Å². The van der Waals surface area contributed by atoms with Gasteiger partial charge in [0.2, 0.25) is 0 Å². The topological polar surface area (TPSA) is 38.9 Å². The van der Waals surface area contributed by atoms with Gasteiger partial charge in [0, 0.05) is 28.2 Å². The Bertz CT molecular complexity index is 464. The number of nitrogens with two attached hydrogens (primary N) is 1. The van der Waals surface area contributed by atoms with E-state index in [1.807, 2.05) is 23.7 Å². The van der Waals surface area contributed by atoms with Crippen LogP contribution in [0.3, 0.4) is 0 Å². The highest BCUT2D eigenvalue weighted by Gasteiger charge is 2.06. The van der Waals surface area contributed by atoms with Gasteiger partial charge in [-0.3, -0.25) is 4.98 Å². The molecule has 0 spiro atoms. The maximum absolute atomic E-state index is 6.20. The molecule has 0 aliphatic rings. The minimum atomic E-state index is 0.251. The Labute approximate surface area is 113 Å². The van der Waals surface area contributed by atoms with E-state index in [0.29, 0.717) is 0 Å². The number of aromatic nitrogens is 1. The molecule has 3 heteroatoms. The van der Waals surface area contributed by atoms with Gasteiger partial charge in [0.25, 0.3) is 0 Å². The average Bonchev–Trinajstić information content (AvgIpc) is 2.85. The Balaban J connectivity index is 1.80. The molecule has 2 heterocycles. The maximum atomic E-state index is 6.20. The Morgan fingerprint density at radius 1 is 1.17 bits per heavy atom. The van der Waals surface area contributed by atoms with E-state index in [1.165, 1.54) is 15.3 Å². The summed E-state index contributed by atoms with van der Waals surface area (Å²) in [7, 11) is 0. The smallest absolute Gasteiger partial charge is 0.0270 e. The molecule has 0 saturated carbocycles. The van der Waals surface area contributed by atoms with E-state index in [9.17, 15) is 0 Å². The zero-order valence-electron chi connectivity index (χ0n) is 10.8. The molecule has 0 aromatic carbocycles. The summed E-state index contributed by atoms with van der Waals surface area (Å²) in [4.78, 5) is 6.88. The van der Waals surface area contributed by atoms with Gasteiger partial charge in [-0.1, -0.05) is 6.92 Å². The van der Waals surface area contributed by atoms with Crippen LogP contribution < -0.4 is 5.73 Å². The lowest BCUT2D eigenvalue weighted by Crippen LogP contribution is -2.23. The third kappa shape index (κ3) is 3.93. The standard InChI is InChI=1S/C15H20N2S/c1-2-14-5-6-15(18-14)11-13(16)4-3-12-7-9-17-10-8-12/h5-10,13H,2-4,11,16H2,1H3. The fourth-order valence-corrected chi connectivity index (χ4v) is 3.03. The van der Waals surface area contributed by atoms with Gasteiger partial charge in [-0.05, 0) is 55.5 Å². The van der Waals surface area contributed by atoms with Crippen molar-refractivity contribution in [2.75, 3.05) is 0 Å². The number of hydrogen-bond acceptors (Lipinski definition) is 3. The number of pyridine rings is 1. The summed E-state index contributed by atoms with van der Waals surface area (Å²) >= 11 is 1.89. The first-order valence-corrected chi connectivity index (χ1v) is 7.31. The van der Waals surface area contributed by atoms with E-state index in [0.717, 1.165) is 25.7 Å². The lowest BCUT2D eigenvalue weighted by Gasteiger charge is -2.10. The molecular formula is C15H20N2S. The molecule has 96 valence electrons. The average molecular weight is 260 g/mol. The van der Waals surface area contributed by atoms with Crippen LogP contribution in [0, 0.1) is 0 Å². The molecule has 0 aliphatic heterocycles. The number of rotatable bonds is 6. The van der Waals surface area contributed by atoms with Crippen LogP contribution in [-0.4, -0.2) is 11.0 Å². The molecule has 0 bridgehead atoms. The summed E-state index contributed by atoms with van der Waals surface area (Å²) < 4.78 is 0. The van der Waals surface area contributed by atoms with Crippen molar-refractivity contribution in [3.8, 4) is 0 Å². The van der Waals surface area contributed by atoms with Crippen molar-refractivity contribution in [1.82, 2.24) is 4.98 Å². The van der Waals surface area contributed by atoms with Crippen molar-refractivity contribution in [3.63, 3.8) is 0 Å². The van der Waals surface area contributed by atoms with Gasteiger partial charge in [-0.15, -0.1) is 11.3 Å². The predicted octanol–water partition coefficient (Wildman–Crippen LogP) is 3.21. The van der Waals surface area contributed by atoms with E-state index in [1.54, 1.807) is 0 Å². The van der Waals surface area contributed by atoms with Crippen LogP contribution in [0.5, 0.6) is 0 Å². The second kappa shape index (κ2) is 6.66. The molecule has 2 aromatic heterocycles. The molecule has 1 atom stereocenters. The van der Waals surface area contributed by atoms with Crippen LogP contribution >= 0.6 is 11.3 Å². The van der Waals surface area contributed by atoms with E-state index < -0.39 is 0 Å².